The Morgan fingerprint density at radius 3 is 1.04 bits per heavy atom. The van der Waals surface area contributed by atoms with Gasteiger partial charge in [-0.1, -0.05) is 261 Å². The summed E-state index contributed by atoms with van der Waals surface area (Å²) < 4.78 is 16.7. The molecule has 8 aromatic heterocycles. The minimum atomic E-state index is 0.862. The molecule has 0 amide bonds. The maximum Gasteiger partial charge on any atom is 0.138 e. The molecule has 114 heavy (non-hydrogen) atoms. The van der Waals surface area contributed by atoms with Crippen LogP contribution in [0.2, 0.25) is 0 Å². The molecule has 10 heteroatoms. The van der Waals surface area contributed by atoms with Crippen molar-refractivity contribution in [1.82, 2.24) is 38.7 Å². The Kier molecular flexibility index (Phi) is 13.9. The van der Waals surface area contributed by atoms with E-state index in [2.05, 4.69) is 331 Å². The van der Waals surface area contributed by atoms with Gasteiger partial charge < -0.3 is 8.83 Å². The van der Waals surface area contributed by atoms with E-state index < -0.39 is 0 Å². The number of hydrogen-bond acceptors (Lipinski definition) is 8. The molecular formula is C104H60N8O2. The van der Waals surface area contributed by atoms with Crippen molar-refractivity contribution < 1.29 is 8.83 Å². The second-order valence-corrected chi connectivity index (χ2v) is 29.6. The van der Waals surface area contributed by atoms with Crippen LogP contribution in [0, 0.1) is 0 Å². The van der Waals surface area contributed by atoms with Crippen molar-refractivity contribution in [1.29, 1.82) is 0 Å². The lowest BCUT2D eigenvalue weighted by Crippen LogP contribution is -1.96. The summed E-state index contributed by atoms with van der Waals surface area (Å²) in [5, 5.41) is 18.2. The van der Waals surface area contributed by atoms with Gasteiger partial charge >= 0.3 is 0 Å². The Balaban J connectivity index is 0.000000132. The quantitative estimate of drug-likeness (QED) is 0.145. The maximum absolute atomic E-state index is 6.12. The third-order valence-corrected chi connectivity index (χ3v) is 23.1. The second kappa shape index (κ2) is 25.0. The lowest BCUT2D eigenvalue weighted by molar-refractivity contribution is 0.668. The molecule has 17 aromatic carbocycles. The number of furan rings is 2. The van der Waals surface area contributed by atoms with Crippen LogP contribution in [0.25, 0.3) is 242 Å². The normalized spacial score (nSPS) is 12.0. The van der Waals surface area contributed by atoms with E-state index in [9.17, 15) is 0 Å². The van der Waals surface area contributed by atoms with Gasteiger partial charge in [-0.2, -0.15) is 0 Å². The lowest BCUT2D eigenvalue weighted by atomic mass is 9.94. The maximum atomic E-state index is 6.12. The highest BCUT2D eigenvalue weighted by Crippen LogP contribution is 2.45. The summed E-state index contributed by atoms with van der Waals surface area (Å²) in [5.41, 5.74) is 27.6. The highest BCUT2D eigenvalue weighted by atomic mass is 16.3. The molecule has 0 atom stereocenters. The van der Waals surface area contributed by atoms with Gasteiger partial charge in [-0.25, -0.2) is 29.9 Å². The molecule has 0 N–H and O–H groups in total. The molecular weight excluding hydrogens is 1390 g/mol. The highest BCUT2D eigenvalue weighted by molar-refractivity contribution is 6.26. The van der Waals surface area contributed by atoms with Crippen LogP contribution in [0.4, 0.5) is 0 Å². The third kappa shape index (κ3) is 10.0. The van der Waals surface area contributed by atoms with Gasteiger partial charge in [0.2, 0.25) is 0 Å². The average Bonchev–Trinajstić information content (AvgIpc) is 1.57. The van der Waals surface area contributed by atoms with E-state index in [1.807, 2.05) is 42.5 Å². The molecule has 8 heterocycles. The van der Waals surface area contributed by atoms with Crippen molar-refractivity contribution in [2.75, 3.05) is 0 Å². The molecule has 0 saturated carbocycles. The van der Waals surface area contributed by atoms with E-state index in [4.69, 9.17) is 38.7 Å². The van der Waals surface area contributed by atoms with Crippen LogP contribution in [0.5, 0.6) is 0 Å². The number of para-hydroxylation sites is 2. The molecule has 528 valence electrons. The van der Waals surface area contributed by atoms with Crippen molar-refractivity contribution >= 4 is 164 Å². The largest absolute Gasteiger partial charge is 0.456 e. The van der Waals surface area contributed by atoms with Crippen LogP contribution in [-0.4, -0.2) is 38.7 Å². The van der Waals surface area contributed by atoms with Crippen molar-refractivity contribution in [3.63, 3.8) is 0 Å². The molecule has 0 saturated heterocycles. The van der Waals surface area contributed by atoms with Gasteiger partial charge in [-0.15, -0.1) is 0 Å². The van der Waals surface area contributed by atoms with Gasteiger partial charge in [0, 0.05) is 88.5 Å². The Bertz CT molecular complexity index is 8370. The first-order valence-corrected chi connectivity index (χ1v) is 38.4. The fourth-order valence-corrected chi connectivity index (χ4v) is 17.7. The molecule has 0 fully saturated rings. The zero-order valence-electron chi connectivity index (χ0n) is 61.0. The predicted molar refractivity (Wildman–Crippen MR) is 469 cm³/mol. The highest BCUT2D eigenvalue weighted by Gasteiger charge is 2.23. The number of pyridine rings is 2. The van der Waals surface area contributed by atoms with E-state index in [0.29, 0.717) is 0 Å². The second-order valence-electron chi connectivity index (χ2n) is 29.6. The summed E-state index contributed by atoms with van der Waals surface area (Å²) in [6, 6.07) is 124. The summed E-state index contributed by atoms with van der Waals surface area (Å²) in [6.07, 6.45) is 4.33. The fraction of sp³-hybridized carbons (Fsp3) is 0. The zero-order chi connectivity index (χ0) is 74.6. The summed E-state index contributed by atoms with van der Waals surface area (Å²) in [4.78, 5) is 31.9. The Morgan fingerprint density at radius 1 is 0.184 bits per heavy atom. The van der Waals surface area contributed by atoms with Crippen molar-refractivity contribution in [2.24, 2.45) is 0 Å². The molecule has 0 spiro atoms. The summed E-state index contributed by atoms with van der Waals surface area (Å²) in [5.74, 6) is 0. The van der Waals surface area contributed by atoms with E-state index in [1.165, 1.54) is 16.2 Å². The van der Waals surface area contributed by atoms with Gasteiger partial charge in [0.1, 0.15) is 33.6 Å². The first-order chi connectivity index (χ1) is 56.5. The van der Waals surface area contributed by atoms with Crippen LogP contribution in [0.15, 0.2) is 373 Å². The molecule has 0 aliphatic carbocycles. The standard InChI is InChI=1S/C55H32N4O.C49H28N4O/c1-3-11-33(12-4-1)51-52(34-13-5-2-6-14-34)58-53-40-23-19-35(29-39(40)21-25-47(53)56-51)36-20-24-44-45(30-36)41-15-7-8-17-43(41)54-55(44)59-28-27-38(32-50(59)57-54)37-22-26-49-46(31-37)42-16-9-10-18-48(42)60-49;1-2-11-30(12-3-1)45-46(52-47-34-13-5-4-10-29(34)19-22-41(47)50-45)33-18-21-38-39(27-33)35-14-6-7-16-37(35)48-49(38)53-25-24-32(28-44(53)51-48)31-20-23-43-40(26-31)36-15-8-9-17-42(36)54-43/h1-32H;1-28H. The molecule has 0 bridgehead atoms. The third-order valence-electron chi connectivity index (χ3n) is 23.1. The van der Waals surface area contributed by atoms with Gasteiger partial charge in [-0.05, 0) is 157 Å². The number of rotatable bonds is 7. The minimum absolute atomic E-state index is 0.862. The van der Waals surface area contributed by atoms with Crippen LogP contribution in [0.3, 0.4) is 0 Å². The van der Waals surface area contributed by atoms with E-state index in [-0.39, 0.29) is 0 Å². The Morgan fingerprint density at radius 2 is 0.535 bits per heavy atom. The molecule has 25 aromatic rings. The van der Waals surface area contributed by atoms with Crippen molar-refractivity contribution in [2.45, 2.75) is 0 Å². The zero-order valence-corrected chi connectivity index (χ0v) is 61.0. The molecule has 0 unspecified atom stereocenters. The van der Waals surface area contributed by atoms with Gasteiger partial charge in [0.05, 0.1) is 66.9 Å². The number of nitrogens with zero attached hydrogens (tertiary/aromatic N) is 8. The lowest BCUT2D eigenvalue weighted by Gasteiger charge is -2.14. The molecule has 0 radical (unpaired) electrons. The topological polar surface area (TPSA) is 112 Å². The predicted octanol–water partition coefficient (Wildman–Crippen LogP) is 27.2. The van der Waals surface area contributed by atoms with Crippen LogP contribution < -0.4 is 0 Å². The first kappa shape index (κ1) is 63.4. The Hall–Kier alpha value is -15.5. The van der Waals surface area contributed by atoms with Gasteiger partial charge in [0.25, 0.3) is 0 Å². The smallest absolute Gasteiger partial charge is 0.138 e. The SMILES string of the molecule is c1ccc(-c2nc3ccc4cc(-c5ccc6c(c5)c5ccccc5c5nc7cc(-c8ccc9oc%10ccccc%10c9c8)ccn7c65)ccc4c3nc2-c2ccccc2)cc1.c1ccc(-c2nc3ccc4ccccc4c3nc2-c2ccc3c(c2)c2ccccc2c2nc4cc(-c5ccc6oc7ccccc7c6c5)ccn4c32)cc1. The van der Waals surface area contributed by atoms with E-state index in [0.717, 1.165) is 226 Å². The summed E-state index contributed by atoms with van der Waals surface area (Å²) in [6.45, 7) is 0. The molecule has 0 aliphatic rings. The van der Waals surface area contributed by atoms with Crippen LogP contribution in [0.1, 0.15) is 0 Å². The first-order valence-electron chi connectivity index (χ1n) is 38.4. The minimum Gasteiger partial charge on any atom is -0.456 e. The molecule has 10 nitrogen and oxygen atoms in total. The van der Waals surface area contributed by atoms with E-state index >= 15 is 0 Å². The Labute approximate surface area is 650 Å². The molecule has 0 aliphatic heterocycles. The number of imidazole rings is 2. The average molecular weight is 1450 g/mol. The van der Waals surface area contributed by atoms with Crippen molar-refractivity contribution in [3.05, 3.63) is 364 Å². The monoisotopic (exact) mass is 1450 g/mol. The summed E-state index contributed by atoms with van der Waals surface area (Å²) in [7, 11) is 0. The fourth-order valence-electron chi connectivity index (χ4n) is 17.7. The number of hydrogen-bond donors (Lipinski definition) is 0. The van der Waals surface area contributed by atoms with Gasteiger partial charge in [-0.3, -0.25) is 8.80 Å². The summed E-state index contributed by atoms with van der Waals surface area (Å²) >= 11 is 0. The number of aromatic nitrogens is 8. The van der Waals surface area contributed by atoms with E-state index in [1.54, 1.807) is 0 Å². The number of benzene rings is 17. The number of fused-ring (bicyclic) bond motifs is 28. The van der Waals surface area contributed by atoms with Gasteiger partial charge in [0.15, 0.2) is 0 Å². The van der Waals surface area contributed by atoms with Crippen LogP contribution in [-0.2, 0) is 0 Å². The van der Waals surface area contributed by atoms with Crippen molar-refractivity contribution in [3.8, 4) is 78.4 Å². The molecule has 25 rings (SSSR count). The van der Waals surface area contributed by atoms with Crippen LogP contribution >= 0.6 is 0 Å².